The predicted molar refractivity (Wildman–Crippen MR) is 105 cm³/mol. The molecule has 0 unspecified atom stereocenters. The van der Waals surface area contributed by atoms with Crippen molar-refractivity contribution >= 4 is 40.1 Å². The fraction of sp³-hybridized carbons (Fsp3) is 0.368. The lowest BCUT2D eigenvalue weighted by Crippen LogP contribution is -2.38. The number of piperidine rings is 1. The van der Waals surface area contributed by atoms with Crippen molar-refractivity contribution < 1.29 is 4.39 Å². The zero-order valence-corrected chi connectivity index (χ0v) is 16.0. The SMILES string of the molecule is CC1(C)CCN(c2ncc3ncnc(Nc4ccc(F)c(Cl)c4)c3n2)CC1. The molecule has 0 spiro atoms. The Hall–Kier alpha value is -2.54. The molecule has 1 fully saturated rings. The normalized spacial score (nSPS) is 16.5. The van der Waals surface area contributed by atoms with Crippen LogP contribution >= 0.6 is 11.6 Å². The number of rotatable bonds is 3. The van der Waals surface area contributed by atoms with Gasteiger partial charge >= 0.3 is 0 Å². The maximum atomic E-state index is 13.4. The summed E-state index contributed by atoms with van der Waals surface area (Å²) < 4.78 is 13.4. The van der Waals surface area contributed by atoms with Gasteiger partial charge < -0.3 is 10.2 Å². The van der Waals surface area contributed by atoms with Gasteiger partial charge in [0.05, 0.1) is 11.2 Å². The molecule has 0 amide bonds. The van der Waals surface area contributed by atoms with E-state index in [-0.39, 0.29) is 5.02 Å². The topological polar surface area (TPSA) is 66.8 Å². The van der Waals surface area contributed by atoms with Crippen molar-refractivity contribution in [1.29, 1.82) is 0 Å². The molecule has 140 valence electrons. The van der Waals surface area contributed by atoms with E-state index in [0.717, 1.165) is 25.9 Å². The second kappa shape index (κ2) is 6.88. The Morgan fingerprint density at radius 1 is 1.15 bits per heavy atom. The van der Waals surface area contributed by atoms with Gasteiger partial charge in [0.15, 0.2) is 5.82 Å². The molecule has 0 aliphatic carbocycles. The Labute approximate surface area is 161 Å². The van der Waals surface area contributed by atoms with Crippen molar-refractivity contribution in [3.63, 3.8) is 0 Å². The molecule has 3 aromatic rings. The van der Waals surface area contributed by atoms with Gasteiger partial charge in [-0.05, 0) is 36.5 Å². The van der Waals surface area contributed by atoms with E-state index in [9.17, 15) is 4.39 Å². The van der Waals surface area contributed by atoms with E-state index in [4.69, 9.17) is 16.6 Å². The van der Waals surface area contributed by atoms with Gasteiger partial charge in [0, 0.05) is 18.8 Å². The summed E-state index contributed by atoms with van der Waals surface area (Å²) in [6.07, 6.45) is 5.35. The zero-order valence-electron chi connectivity index (χ0n) is 15.2. The van der Waals surface area contributed by atoms with E-state index >= 15 is 0 Å². The molecule has 3 heterocycles. The molecule has 27 heavy (non-hydrogen) atoms. The van der Waals surface area contributed by atoms with Crippen molar-refractivity contribution in [2.45, 2.75) is 26.7 Å². The maximum absolute atomic E-state index is 13.4. The van der Waals surface area contributed by atoms with E-state index in [1.807, 2.05) is 0 Å². The van der Waals surface area contributed by atoms with Gasteiger partial charge in [-0.2, -0.15) is 0 Å². The molecule has 2 aromatic heterocycles. The van der Waals surface area contributed by atoms with Crippen LogP contribution in [-0.2, 0) is 0 Å². The molecular weight excluding hydrogens is 367 g/mol. The summed E-state index contributed by atoms with van der Waals surface area (Å²) in [5.74, 6) is 0.740. The minimum Gasteiger partial charge on any atom is -0.341 e. The van der Waals surface area contributed by atoms with Crippen molar-refractivity contribution in [2.24, 2.45) is 5.41 Å². The van der Waals surface area contributed by atoms with Crippen LogP contribution in [0.2, 0.25) is 5.02 Å². The number of halogens is 2. The number of nitrogens with one attached hydrogen (secondary N) is 1. The molecule has 1 aliphatic heterocycles. The maximum Gasteiger partial charge on any atom is 0.226 e. The molecular formula is C19H20ClFN6. The largest absolute Gasteiger partial charge is 0.341 e. The summed E-state index contributed by atoms with van der Waals surface area (Å²) in [4.78, 5) is 19.9. The smallest absolute Gasteiger partial charge is 0.226 e. The summed E-state index contributed by atoms with van der Waals surface area (Å²) in [7, 11) is 0. The Balaban J connectivity index is 1.66. The number of aromatic nitrogens is 4. The van der Waals surface area contributed by atoms with Crippen LogP contribution in [0.15, 0.2) is 30.7 Å². The minimum absolute atomic E-state index is 0.0459. The van der Waals surface area contributed by atoms with Crippen LogP contribution in [0.5, 0.6) is 0 Å². The molecule has 0 atom stereocenters. The minimum atomic E-state index is -0.465. The van der Waals surface area contributed by atoms with Crippen molar-refractivity contribution in [2.75, 3.05) is 23.3 Å². The third-order valence-corrected chi connectivity index (χ3v) is 5.24. The summed E-state index contributed by atoms with van der Waals surface area (Å²) >= 11 is 5.87. The van der Waals surface area contributed by atoms with E-state index < -0.39 is 5.82 Å². The third-order valence-electron chi connectivity index (χ3n) is 4.95. The van der Waals surface area contributed by atoms with Crippen molar-refractivity contribution in [3.8, 4) is 0 Å². The number of benzene rings is 1. The molecule has 0 saturated carbocycles. The zero-order chi connectivity index (χ0) is 19.0. The van der Waals surface area contributed by atoms with E-state index in [1.54, 1.807) is 12.3 Å². The summed E-state index contributed by atoms with van der Waals surface area (Å²) in [6, 6.07) is 4.42. The average Bonchev–Trinajstić information content (AvgIpc) is 2.65. The van der Waals surface area contributed by atoms with Crippen LogP contribution in [0.4, 0.5) is 21.8 Å². The van der Waals surface area contributed by atoms with Gasteiger partial charge in [-0.1, -0.05) is 25.4 Å². The molecule has 0 radical (unpaired) electrons. The van der Waals surface area contributed by atoms with Crippen LogP contribution < -0.4 is 10.2 Å². The van der Waals surface area contributed by atoms with Gasteiger partial charge in [-0.3, -0.25) is 0 Å². The van der Waals surface area contributed by atoms with Crippen LogP contribution in [0.1, 0.15) is 26.7 Å². The van der Waals surface area contributed by atoms with Crippen LogP contribution in [0.25, 0.3) is 11.0 Å². The van der Waals surface area contributed by atoms with Crippen molar-refractivity contribution in [1.82, 2.24) is 19.9 Å². The summed E-state index contributed by atoms with van der Waals surface area (Å²) in [6.45, 7) is 6.41. The van der Waals surface area contributed by atoms with Gasteiger partial charge in [0.2, 0.25) is 5.95 Å². The highest BCUT2D eigenvalue weighted by atomic mass is 35.5. The number of hydrogen-bond acceptors (Lipinski definition) is 6. The van der Waals surface area contributed by atoms with E-state index in [2.05, 4.69) is 39.0 Å². The fourth-order valence-electron chi connectivity index (χ4n) is 3.11. The Bertz CT molecular complexity index is 983. The Morgan fingerprint density at radius 2 is 1.93 bits per heavy atom. The Kier molecular flexibility index (Phi) is 4.55. The molecule has 0 bridgehead atoms. The number of anilines is 3. The second-order valence-electron chi connectivity index (χ2n) is 7.53. The molecule has 4 rings (SSSR count). The first-order chi connectivity index (χ1) is 12.9. The summed E-state index contributed by atoms with van der Waals surface area (Å²) in [5, 5.41) is 3.19. The lowest BCUT2D eigenvalue weighted by molar-refractivity contribution is 0.278. The highest BCUT2D eigenvalue weighted by molar-refractivity contribution is 6.31. The number of nitrogens with zero attached hydrogens (tertiary/aromatic N) is 5. The summed E-state index contributed by atoms with van der Waals surface area (Å²) in [5.41, 5.74) is 2.24. The quantitative estimate of drug-likeness (QED) is 0.710. The van der Waals surface area contributed by atoms with E-state index in [1.165, 1.54) is 18.5 Å². The lowest BCUT2D eigenvalue weighted by Gasteiger charge is -2.36. The third kappa shape index (κ3) is 3.78. The Morgan fingerprint density at radius 3 is 2.67 bits per heavy atom. The van der Waals surface area contributed by atoms with Gasteiger partial charge in [-0.15, -0.1) is 0 Å². The van der Waals surface area contributed by atoms with E-state index in [0.29, 0.717) is 33.9 Å². The fourth-order valence-corrected chi connectivity index (χ4v) is 3.29. The number of hydrogen-bond donors (Lipinski definition) is 1. The van der Waals surface area contributed by atoms with Crippen molar-refractivity contribution in [3.05, 3.63) is 41.6 Å². The second-order valence-corrected chi connectivity index (χ2v) is 7.94. The first-order valence-electron chi connectivity index (χ1n) is 8.86. The molecule has 1 N–H and O–H groups in total. The first kappa shape index (κ1) is 17.9. The standard InChI is InChI=1S/C19H20ClFN6/c1-19(2)5-7-27(8-6-19)18-22-10-15-16(26-18)17(24-11-23-15)25-12-3-4-14(21)13(20)9-12/h3-4,9-11H,5-8H2,1-2H3,(H,23,24,25). The van der Waals surface area contributed by atoms with Gasteiger partial charge in [0.25, 0.3) is 0 Å². The van der Waals surface area contributed by atoms with Gasteiger partial charge in [-0.25, -0.2) is 24.3 Å². The lowest BCUT2D eigenvalue weighted by atomic mass is 9.83. The average molecular weight is 387 g/mol. The van der Waals surface area contributed by atoms with Gasteiger partial charge in [0.1, 0.15) is 23.2 Å². The predicted octanol–water partition coefficient (Wildman–Crippen LogP) is 4.58. The monoisotopic (exact) mass is 386 g/mol. The molecule has 1 saturated heterocycles. The molecule has 1 aliphatic rings. The number of fused-ring (bicyclic) bond motifs is 1. The molecule has 1 aromatic carbocycles. The van der Waals surface area contributed by atoms with Crippen LogP contribution in [0.3, 0.4) is 0 Å². The molecule has 8 heteroatoms. The first-order valence-corrected chi connectivity index (χ1v) is 9.24. The molecule has 6 nitrogen and oxygen atoms in total. The van der Waals surface area contributed by atoms with Crippen LogP contribution in [-0.4, -0.2) is 33.0 Å². The highest BCUT2D eigenvalue weighted by Gasteiger charge is 2.26. The van der Waals surface area contributed by atoms with Crippen LogP contribution in [0, 0.1) is 11.2 Å². The highest BCUT2D eigenvalue weighted by Crippen LogP contribution is 2.32.